The fourth-order valence-electron chi connectivity index (χ4n) is 3.01. The van der Waals surface area contributed by atoms with Crippen LogP contribution in [0.1, 0.15) is 26.4 Å². The van der Waals surface area contributed by atoms with Crippen molar-refractivity contribution in [2.45, 2.75) is 0 Å². The Balaban J connectivity index is 2.26. The maximum atomic E-state index is 13.4. The average molecular weight is 404 g/mol. The Kier molecular flexibility index (Phi) is 5.46. The van der Waals surface area contributed by atoms with Gasteiger partial charge in [-0.25, -0.2) is 4.79 Å². The quantitative estimate of drug-likeness (QED) is 0.496. The molecule has 0 bridgehead atoms. The third-order valence-corrected chi connectivity index (χ3v) is 4.54. The number of aromatic nitrogens is 1. The van der Waals surface area contributed by atoms with Crippen molar-refractivity contribution in [2.24, 2.45) is 0 Å². The van der Waals surface area contributed by atoms with Crippen molar-refractivity contribution in [1.29, 1.82) is 0 Å². The van der Waals surface area contributed by atoms with E-state index in [2.05, 4.69) is 4.98 Å². The highest BCUT2D eigenvalue weighted by atomic mass is 35.5. The molecule has 0 amide bonds. The van der Waals surface area contributed by atoms with Gasteiger partial charge in [-0.3, -0.25) is 4.79 Å². The van der Waals surface area contributed by atoms with Gasteiger partial charge in [0.15, 0.2) is 17.3 Å². The Morgan fingerprint density at radius 3 is 2.11 bits per heavy atom. The van der Waals surface area contributed by atoms with Gasteiger partial charge in [-0.15, -0.1) is 0 Å². The summed E-state index contributed by atoms with van der Waals surface area (Å²) in [6.45, 7) is 0. The number of ketones is 1. The largest absolute Gasteiger partial charge is 0.493 e. The molecule has 0 saturated heterocycles. The molecule has 0 spiro atoms. The Morgan fingerprint density at radius 1 is 0.929 bits per heavy atom. The molecule has 0 aliphatic rings. The lowest BCUT2D eigenvalue weighted by atomic mass is 9.99. The predicted molar refractivity (Wildman–Crippen MR) is 104 cm³/mol. The van der Waals surface area contributed by atoms with E-state index in [1.54, 1.807) is 18.2 Å². The molecule has 3 rings (SSSR count). The number of hydrogen-bond donors (Lipinski definition) is 1. The Bertz CT molecular complexity index is 1050. The molecule has 7 nitrogen and oxygen atoms in total. The van der Waals surface area contributed by atoms with Crippen LogP contribution in [0.4, 0.5) is 0 Å². The van der Waals surface area contributed by atoms with Gasteiger partial charge in [0.05, 0.1) is 34.0 Å². The average Bonchev–Trinajstić information content (AvgIpc) is 3.09. The van der Waals surface area contributed by atoms with Crippen molar-refractivity contribution in [3.05, 3.63) is 52.2 Å². The zero-order chi connectivity index (χ0) is 20.4. The summed E-state index contributed by atoms with van der Waals surface area (Å²) >= 11 is 6.10. The molecule has 1 N–H and O–H groups in total. The number of aromatic amines is 1. The van der Waals surface area contributed by atoms with Crippen molar-refractivity contribution in [3.8, 4) is 17.2 Å². The molecular weight excluding hydrogens is 386 g/mol. The first kappa shape index (κ1) is 19.6. The summed E-state index contributed by atoms with van der Waals surface area (Å²) in [5.74, 6) is -0.0848. The number of ether oxygens (including phenoxy) is 4. The molecule has 2 aromatic carbocycles. The highest BCUT2D eigenvalue weighted by Gasteiger charge is 2.27. The minimum Gasteiger partial charge on any atom is -0.493 e. The smallest absolute Gasteiger partial charge is 0.355 e. The van der Waals surface area contributed by atoms with Crippen LogP contribution < -0.4 is 14.2 Å². The number of benzene rings is 2. The molecule has 0 aliphatic heterocycles. The molecule has 8 heteroatoms. The first-order chi connectivity index (χ1) is 13.4. The number of hydrogen-bond acceptors (Lipinski definition) is 6. The molecule has 0 unspecified atom stereocenters. The van der Waals surface area contributed by atoms with Gasteiger partial charge in [-0.2, -0.15) is 0 Å². The molecule has 0 radical (unpaired) electrons. The highest BCUT2D eigenvalue weighted by Crippen LogP contribution is 2.39. The number of carbonyl (C=O) groups excluding carboxylic acids is 2. The second kappa shape index (κ2) is 7.82. The lowest BCUT2D eigenvalue weighted by Gasteiger charge is -2.14. The molecular formula is C20H18ClNO6. The first-order valence-electron chi connectivity index (χ1n) is 8.19. The number of carbonyl (C=O) groups is 2. The monoisotopic (exact) mass is 403 g/mol. The van der Waals surface area contributed by atoms with E-state index in [0.29, 0.717) is 33.2 Å². The zero-order valence-electron chi connectivity index (χ0n) is 15.7. The van der Waals surface area contributed by atoms with Gasteiger partial charge in [0.1, 0.15) is 5.69 Å². The maximum Gasteiger partial charge on any atom is 0.355 e. The molecule has 1 heterocycles. The van der Waals surface area contributed by atoms with Gasteiger partial charge < -0.3 is 23.9 Å². The standard InChI is InChI=1S/C20H18ClNO6/c1-25-14-7-10(8-15(26-2)19(14)27-3)18(23)16-12-9-11(21)5-6-13(12)22-17(16)20(24)28-4/h5-9,22H,1-4H3. The first-order valence-corrected chi connectivity index (χ1v) is 8.57. The molecule has 0 atom stereocenters. The third-order valence-electron chi connectivity index (χ3n) is 4.30. The van der Waals surface area contributed by atoms with Crippen LogP contribution in [0.5, 0.6) is 17.2 Å². The van der Waals surface area contributed by atoms with Crippen LogP contribution in [-0.4, -0.2) is 45.2 Å². The number of nitrogens with one attached hydrogen (secondary N) is 1. The van der Waals surface area contributed by atoms with Crippen molar-refractivity contribution < 1.29 is 28.5 Å². The van der Waals surface area contributed by atoms with E-state index in [1.807, 2.05) is 0 Å². The van der Waals surface area contributed by atoms with Gasteiger partial charge >= 0.3 is 5.97 Å². The summed E-state index contributed by atoms with van der Waals surface area (Å²) < 4.78 is 20.7. The van der Waals surface area contributed by atoms with Gasteiger partial charge in [0, 0.05) is 21.5 Å². The topological polar surface area (TPSA) is 86.9 Å². The summed E-state index contributed by atoms with van der Waals surface area (Å²) in [7, 11) is 5.63. The van der Waals surface area contributed by atoms with Crippen molar-refractivity contribution in [1.82, 2.24) is 4.98 Å². The number of esters is 1. The zero-order valence-corrected chi connectivity index (χ0v) is 16.5. The highest BCUT2D eigenvalue weighted by molar-refractivity contribution is 6.32. The third kappa shape index (κ3) is 3.25. The van der Waals surface area contributed by atoms with Crippen LogP contribution in [0.25, 0.3) is 10.9 Å². The lowest BCUT2D eigenvalue weighted by Crippen LogP contribution is -2.11. The normalized spacial score (nSPS) is 10.6. The SMILES string of the molecule is COC(=O)c1[nH]c2ccc(Cl)cc2c1C(=O)c1cc(OC)c(OC)c(OC)c1. The number of rotatable bonds is 6. The summed E-state index contributed by atoms with van der Waals surface area (Å²) in [5, 5.41) is 0.938. The van der Waals surface area contributed by atoms with Gasteiger partial charge in [0.2, 0.25) is 5.75 Å². The Labute approximate surface area is 166 Å². The van der Waals surface area contributed by atoms with Gasteiger partial charge in [-0.1, -0.05) is 11.6 Å². The second-order valence-corrected chi connectivity index (χ2v) is 6.24. The van der Waals surface area contributed by atoms with E-state index in [1.165, 1.54) is 40.6 Å². The Hall–Kier alpha value is -3.19. The molecule has 3 aromatic rings. The van der Waals surface area contributed by atoms with Gasteiger partial charge in [-0.05, 0) is 30.3 Å². The van der Waals surface area contributed by atoms with E-state index >= 15 is 0 Å². The summed E-state index contributed by atoms with van der Waals surface area (Å²) in [6.07, 6.45) is 0. The van der Waals surface area contributed by atoms with E-state index in [9.17, 15) is 9.59 Å². The van der Waals surface area contributed by atoms with Crippen LogP contribution in [0.15, 0.2) is 30.3 Å². The van der Waals surface area contributed by atoms with Crippen molar-refractivity contribution in [3.63, 3.8) is 0 Å². The number of methoxy groups -OCH3 is 4. The molecule has 146 valence electrons. The molecule has 0 fully saturated rings. The summed E-state index contributed by atoms with van der Waals surface area (Å²) in [5.41, 5.74) is 1.03. The van der Waals surface area contributed by atoms with Crippen LogP contribution >= 0.6 is 11.6 Å². The van der Waals surface area contributed by atoms with Gasteiger partial charge in [0.25, 0.3) is 0 Å². The second-order valence-electron chi connectivity index (χ2n) is 5.80. The lowest BCUT2D eigenvalue weighted by molar-refractivity contribution is 0.0592. The fourth-order valence-corrected chi connectivity index (χ4v) is 3.18. The van der Waals surface area contributed by atoms with E-state index in [4.69, 9.17) is 30.5 Å². The summed E-state index contributed by atoms with van der Waals surface area (Å²) in [6, 6.07) is 8.01. The minimum atomic E-state index is -0.664. The van der Waals surface area contributed by atoms with E-state index in [0.717, 1.165) is 0 Å². The van der Waals surface area contributed by atoms with Crippen LogP contribution in [0.3, 0.4) is 0 Å². The van der Waals surface area contributed by atoms with Crippen molar-refractivity contribution in [2.75, 3.05) is 28.4 Å². The molecule has 28 heavy (non-hydrogen) atoms. The molecule has 1 aromatic heterocycles. The maximum absolute atomic E-state index is 13.4. The van der Waals surface area contributed by atoms with E-state index < -0.39 is 11.8 Å². The summed E-state index contributed by atoms with van der Waals surface area (Å²) in [4.78, 5) is 28.6. The molecule has 0 aliphatic carbocycles. The number of H-pyrrole nitrogens is 1. The fraction of sp³-hybridized carbons (Fsp3) is 0.200. The molecule has 0 saturated carbocycles. The van der Waals surface area contributed by atoms with Crippen LogP contribution in [-0.2, 0) is 4.74 Å². The minimum absolute atomic E-state index is 0.0403. The van der Waals surface area contributed by atoms with Crippen LogP contribution in [0.2, 0.25) is 5.02 Å². The van der Waals surface area contributed by atoms with E-state index in [-0.39, 0.29) is 16.8 Å². The Morgan fingerprint density at radius 2 is 1.57 bits per heavy atom. The predicted octanol–water partition coefficient (Wildman–Crippen LogP) is 3.86. The number of halogens is 1. The number of fused-ring (bicyclic) bond motifs is 1. The van der Waals surface area contributed by atoms with Crippen molar-refractivity contribution >= 4 is 34.3 Å². The van der Waals surface area contributed by atoms with Crippen LogP contribution in [0, 0.1) is 0 Å².